The third-order valence-corrected chi connectivity index (χ3v) is 13.8. The number of nitrogens with one attached hydrogen (secondary N) is 1. The van der Waals surface area contributed by atoms with Gasteiger partial charge in [-0.15, -0.1) is 0 Å². The topological polar surface area (TPSA) is 113 Å². The summed E-state index contributed by atoms with van der Waals surface area (Å²) in [5, 5.41) is 3.40. The molecule has 5 N–H and O–H groups in total. The molecule has 3 atom stereocenters. The summed E-state index contributed by atoms with van der Waals surface area (Å²) >= 11 is 2.24. The summed E-state index contributed by atoms with van der Waals surface area (Å²) in [6.45, 7) is 26.6. The minimum absolute atomic E-state index is 0.0507. The van der Waals surface area contributed by atoms with Gasteiger partial charge in [0.2, 0.25) is 9.04 Å². The molecular formula is C29H52IN4O4Si2. The number of rotatable bonds is 11. The first-order chi connectivity index (χ1) is 18.1. The zero-order valence-electron chi connectivity index (χ0n) is 26.8. The minimum atomic E-state index is -2.08. The van der Waals surface area contributed by atoms with E-state index in [0.717, 1.165) is 14.9 Å². The molecule has 1 aromatic rings. The maximum absolute atomic E-state index is 7.07. The summed E-state index contributed by atoms with van der Waals surface area (Å²) in [5.41, 5.74) is 14.4. The van der Waals surface area contributed by atoms with Crippen LogP contribution < -0.4 is 26.3 Å². The third-order valence-electron chi connectivity index (χ3n) is 7.70. The fourth-order valence-electron chi connectivity index (χ4n) is 4.26. The lowest BCUT2D eigenvalue weighted by Crippen LogP contribution is -2.65. The molecule has 227 valence electrons. The summed E-state index contributed by atoms with van der Waals surface area (Å²) < 4.78 is 26.2. The van der Waals surface area contributed by atoms with Gasteiger partial charge in [-0.25, -0.2) is 4.99 Å². The molecule has 11 heteroatoms. The molecule has 0 fully saturated rings. The second-order valence-corrected chi connectivity index (χ2v) is 21.8. The fraction of sp³-hybridized carbons (Fsp3) is 0.690. The van der Waals surface area contributed by atoms with Gasteiger partial charge in [0.15, 0.2) is 25.7 Å². The first kappa shape index (κ1) is 35.1. The summed E-state index contributed by atoms with van der Waals surface area (Å²) in [6, 6.07) is 3.96. The van der Waals surface area contributed by atoms with E-state index in [0.29, 0.717) is 18.1 Å². The summed E-state index contributed by atoms with van der Waals surface area (Å²) in [7, 11) is -1.46. The largest absolute Gasteiger partial charge is 0.496 e. The lowest BCUT2D eigenvalue weighted by atomic mass is 9.78. The van der Waals surface area contributed by atoms with Crippen LogP contribution in [0.1, 0.15) is 66.9 Å². The molecule has 1 radical (unpaired) electrons. The van der Waals surface area contributed by atoms with Crippen LogP contribution in [0.3, 0.4) is 0 Å². The van der Waals surface area contributed by atoms with Crippen LogP contribution in [0.4, 0.5) is 0 Å². The Morgan fingerprint density at radius 2 is 1.70 bits per heavy atom. The van der Waals surface area contributed by atoms with Gasteiger partial charge in [-0.1, -0.05) is 55.4 Å². The van der Waals surface area contributed by atoms with Gasteiger partial charge in [0, 0.05) is 18.4 Å². The Balaban J connectivity index is 2.49. The number of halogens is 1. The van der Waals surface area contributed by atoms with E-state index in [1.54, 1.807) is 13.3 Å². The Morgan fingerprint density at radius 3 is 2.15 bits per heavy atom. The molecule has 0 aliphatic carbocycles. The molecule has 1 aromatic carbocycles. The molecule has 2 rings (SSSR count). The molecule has 0 saturated carbocycles. The molecule has 1 aliphatic rings. The van der Waals surface area contributed by atoms with E-state index in [2.05, 4.69) is 109 Å². The molecule has 0 spiro atoms. The molecule has 1 aliphatic heterocycles. The number of nitrogens with zero attached hydrogens (tertiary/aromatic N) is 1. The van der Waals surface area contributed by atoms with Crippen molar-refractivity contribution >= 4 is 45.8 Å². The zero-order chi connectivity index (χ0) is 30.8. The van der Waals surface area contributed by atoms with E-state index >= 15 is 0 Å². The molecule has 3 unspecified atom stereocenters. The molecule has 40 heavy (non-hydrogen) atoms. The minimum Gasteiger partial charge on any atom is -0.496 e. The van der Waals surface area contributed by atoms with Crippen molar-refractivity contribution in [1.29, 1.82) is 0 Å². The van der Waals surface area contributed by atoms with Crippen molar-refractivity contribution in [3.05, 3.63) is 33.2 Å². The lowest BCUT2D eigenvalue weighted by molar-refractivity contribution is -0.0285. The van der Waals surface area contributed by atoms with Crippen LogP contribution in [0.2, 0.25) is 31.2 Å². The predicted octanol–water partition coefficient (Wildman–Crippen LogP) is 6.54. The summed E-state index contributed by atoms with van der Waals surface area (Å²) in [4.78, 5) is 4.84. The van der Waals surface area contributed by atoms with Crippen molar-refractivity contribution in [3.8, 4) is 11.5 Å². The van der Waals surface area contributed by atoms with Crippen LogP contribution >= 0.6 is 22.6 Å². The Labute approximate surface area is 259 Å². The second-order valence-electron chi connectivity index (χ2n) is 13.7. The van der Waals surface area contributed by atoms with Gasteiger partial charge >= 0.3 is 0 Å². The van der Waals surface area contributed by atoms with Crippen molar-refractivity contribution in [2.45, 2.75) is 104 Å². The average Bonchev–Trinajstić information content (AvgIpc) is 2.78. The fourth-order valence-corrected chi connectivity index (χ4v) is 6.97. The van der Waals surface area contributed by atoms with Crippen molar-refractivity contribution in [3.63, 3.8) is 0 Å². The zero-order valence-corrected chi connectivity index (χ0v) is 30.9. The standard InChI is InChI=1S/C29H52IN4O4Si2/c1-18(2)19-14-23(35-9)21(30)15-22(19)37-24-16-33-29(32,34-26(24)31)20(17-36-40(12,13)28(6,7)8)25(27(3,4)5)38-39(10)11/h14-16,18,20,25,33H,17,32H2,1-13H3,(H2,31,34). The van der Waals surface area contributed by atoms with E-state index in [1.165, 1.54) is 0 Å². The van der Waals surface area contributed by atoms with Crippen LogP contribution in [0.15, 0.2) is 29.1 Å². The molecule has 0 aromatic heterocycles. The number of amidine groups is 1. The number of methoxy groups -OCH3 is 1. The van der Waals surface area contributed by atoms with Crippen LogP contribution in [0, 0.1) is 14.9 Å². The van der Waals surface area contributed by atoms with Gasteiger partial charge < -0.3 is 29.4 Å². The molecule has 8 nitrogen and oxygen atoms in total. The Morgan fingerprint density at radius 1 is 1.10 bits per heavy atom. The number of hydrogen-bond acceptors (Lipinski definition) is 8. The van der Waals surface area contributed by atoms with E-state index in [1.807, 2.05) is 12.1 Å². The van der Waals surface area contributed by atoms with Crippen LogP contribution in [0.5, 0.6) is 11.5 Å². The summed E-state index contributed by atoms with van der Waals surface area (Å²) in [5.74, 6) is 0.803. The summed E-state index contributed by atoms with van der Waals surface area (Å²) in [6.07, 6.45) is 1.51. The molecular weight excluding hydrogens is 651 g/mol. The van der Waals surface area contributed by atoms with Gasteiger partial charge in [-0.05, 0) is 77.3 Å². The number of ether oxygens (including phenoxy) is 2. The number of aliphatic imine (C=N–C) groups is 1. The van der Waals surface area contributed by atoms with Crippen LogP contribution in [-0.2, 0) is 8.85 Å². The number of hydrogen-bond donors (Lipinski definition) is 3. The SMILES string of the molecule is COc1cc(C(C)C)c(OC2=CNC(N)(C(CO[Si](C)(C)C(C)(C)C)C(O[Si](C)C)C(C)(C)C)N=C2N)cc1I. The quantitative estimate of drug-likeness (QED) is 0.177. The van der Waals surface area contributed by atoms with Crippen molar-refractivity contribution in [2.24, 2.45) is 27.8 Å². The van der Waals surface area contributed by atoms with E-state index in [9.17, 15) is 0 Å². The monoisotopic (exact) mass is 703 g/mol. The maximum Gasteiger partial charge on any atom is 0.205 e. The maximum atomic E-state index is 7.07. The highest BCUT2D eigenvalue weighted by Crippen LogP contribution is 2.40. The van der Waals surface area contributed by atoms with Crippen LogP contribution in [-0.4, -0.2) is 48.8 Å². The number of benzene rings is 1. The molecule has 0 saturated heterocycles. The molecule has 0 amide bonds. The van der Waals surface area contributed by atoms with Crippen molar-refractivity contribution < 1.29 is 18.3 Å². The average molecular weight is 704 g/mol. The third kappa shape index (κ3) is 8.46. The predicted molar refractivity (Wildman–Crippen MR) is 179 cm³/mol. The Kier molecular flexibility index (Phi) is 11.4. The second kappa shape index (κ2) is 13.0. The molecule has 0 bridgehead atoms. The van der Waals surface area contributed by atoms with Crippen molar-refractivity contribution in [2.75, 3.05) is 13.7 Å². The first-order valence-corrected chi connectivity index (χ1v) is 20.3. The van der Waals surface area contributed by atoms with E-state index in [-0.39, 0.29) is 34.2 Å². The smallest absolute Gasteiger partial charge is 0.205 e. The normalized spacial score (nSPS) is 20.1. The Bertz CT molecular complexity index is 1100. The highest BCUT2D eigenvalue weighted by Gasteiger charge is 2.49. The van der Waals surface area contributed by atoms with Gasteiger partial charge in [0.25, 0.3) is 0 Å². The van der Waals surface area contributed by atoms with Gasteiger partial charge in [0.05, 0.1) is 22.7 Å². The van der Waals surface area contributed by atoms with E-state index in [4.69, 9.17) is 34.8 Å². The highest BCUT2D eigenvalue weighted by atomic mass is 127. The van der Waals surface area contributed by atoms with Crippen LogP contribution in [0.25, 0.3) is 0 Å². The van der Waals surface area contributed by atoms with Gasteiger partial charge in [0.1, 0.15) is 11.5 Å². The van der Waals surface area contributed by atoms with E-state index < -0.39 is 23.1 Å². The highest BCUT2D eigenvalue weighted by molar-refractivity contribution is 14.1. The van der Waals surface area contributed by atoms with Gasteiger partial charge in [-0.2, -0.15) is 0 Å². The first-order valence-electron chi connectivity index (χ1n) is 13.9. The number of nitrogens with two attached hydrogens (primary N) is 2. The Hall–Kier alpha value is -1.13. The van der Waals surface area contributed by atoms with Crippen molar-refractivity contribution in [1.82, 2.24) is 5.32 Å². The van der Waals surface area contributed by atoms with Gasteiger partial charge in [-0.3, -0.25) is 5.73 Å². The molecule has 1 heterocycles. The lowest BCUT2D eigenvalue weighted by Gasteiger charge is -2.47.